The molecular weight excluding hydrogens is 571 g/mol. The van der Waals surface area contributed by atoms with E-state index in [0.29, 0.717) is 0 Å². The topological polar surface area (TPSA) is 333 Å². The number of hydrogen-bond donors (Lipinski definition) is 4. The molecule has 0 unspecified atom stereocenters. The van der Waals surface area contributed by atoms with Crippen LogP contribution in [0.25, 0.3) is 0 Å². The van der Waals surface area contributed by atoms with Crippen LogP contribution in [0.1, 0.15) is 0 Å². The van der Waals surface area contributed by atoms with Crippen molar-refractivity contribution in [3.63, 3.8) is 0 Å². The fourth-order valence-electron chi connectivity index (χ4n) is 0. The van der Waals surface area contributed by atoms with Gasteiger partial charge in [-0.3, -0.25) is 0 Å². The van der Waals surface area contributed by atoms with Crippen molar-refractivity contribution in [2.75, 3.05) is 0 Å². The summed E-state index contributed by atoms with van der Waals surface area (Å²) in [4.78, 5) is 0. The summed E-state index contributed by atoms with van der Waals surface area (Å²) in [5, 5.41) is 15.1. The Kier molecular flexibility index (Phi) is 19.9. The van der Waals surface area contributed by atoms with E-state index in [2.05, 4.69) is 20.6 Å². The van der Waals surface area contributed by atoms with Gasteiger partial charge in [0, 0.05) is 0 Å². The zero-order valence-electron chi connectivity index (χ0n) is 9.16. The van der Waals surface area contributed by atoms with Crippen LogP contribution < -0.4 is 20.6 Å². The van der Waals surface area contributed by atoms with Gasteiger partial charge in [0.1, 0.15) is 0 Å². The van der Waals surface area contributed by atoms with Gasteiger partial charge in [-0.05, 0) is 0 Å². The zero-order chi connectivity index (χ0) is 18.0. The van der Waals surface area contributed by atoms with Gasteiger partial charge >= 0.3 is 21.1 Å². The van der Waals surface area contributed by atoms with E-state index in [1.54, 1.807) is 0 Å². The zero-order valence-corrected chi connectivity index (χ0v) is 14.7. The molecule has 0 heterocycles. The Morgan fingerprint density at radius 3 is 0.429 bits per heavy atom. The molecule has 0 saturated heterocycles. The average Bonchev–Trinajstić information content (AvgIpc) is 1.62. The summed E-state index contributed by atoms with van der Waals surface area (Å²) in [7, 11) is -17.7. The molecular formula is H8N4O12PtS4. The summed E-state index contributed by atoms with van der Waals surface area (Å²) in [6.45, 7) is 0. The molecule has 0 rings (SSSR count). The first-order valence-electron chi connectivity index (χ1n) is 2.94. The fourth-order valence-corrected chi connectivity index (χ4v) is 0. The monoisotopic (exact) mass is 579 g/mol. The molecule has 0 aliphatic heterocycles. The Morgan fingerprint density at radius 2 is 0.429 bits per heavy atom. The van der Waals surface area contributed by atoms with Crippen LogP contribution >= 0.6 is 0 Å². The molecule has 134 valence electrons. The van der Waals surface area contributed by atoms with E-state index >= 15 is 0 Å². The average molecular weight is 579 g/mol. The number of rotatable bonds is 0. The van der Waals surface area contributed by atoms with E-state index in [-0.39, 0.29) is 21.1 Å². The van der Waals surface area contributed by atoms with Gasteiger partial charge in [-0.15, -0.1) is 0 Å². The molecule has 0 fully saturated rings. The molecule has 0 spiro atoms. The van der Waals surface area contributed by atoms with E-state index in [1.165, 1.54) is 0 Å². The Balaban J connectivity index is -0.0000000533. The second kappa shape index (κ2) is 12.7. The Morgan fingerprint density at radius 1 is 0.429 bits per heavy atom. The molecule has 16 nitrogen and oxygen atoms in total. The van der Waals surface area contributed by atoms with Gasteiger partial charge in [0.25, 0.3) is 0 Å². The summed E-state index contributed by atoms with van der Waals surface area (Å²) in [5.41, 5.74) is 0. The second-order valence-electron chi connectivity index (χ2n) is 1.97. The van der Waals surface area contributed by atoms with Gasteiger partial charge in [-0.25, -0.2) is 54.2 Å². The van der Waals surface area contributed by atoms with Gasteiger partial charge in [-0.2, -0.15) is 0 Å². The van der Waals surface area contributed by atoms with Crippen molar-refractivity contribution in [2.24, 2.45) is 20.6 Å². The molecule has 0 aromatic carbocycles. The number of nitrogens with two attached hydrogens (primary N) is 4. The smallest absolute Gasteiger partial charge is 0.736 e. The van der Waals surface area contributed by atoms with Crippen molar-refractivity contribution < 1.29 is 72.9 Å². The van der Waals surface area contributed by atoms with Gasteiger partial charge in [-0.1, -0.05) is 0 Å². The Hall–Kier alpha value is 0.168. The second-order valence-corrected chi connectivity index (χ2v) is 5.91. The molecule has 0 bridgehead atoms. The van der Waals surface area contributed by atoms with Crippen molar-refractivity contribution in [1.82, 2.24) is 0 Å². The summed E-state index contributed by atoms with van der Waals surface area (Å²) in [5.74, 6) is 0. The minimum atomic E-state index is -4.42. The third kappa shape index (κ3) is 235000. The molecule has 0 aliphatic carbocycles. The molecule has 0 atom stereocenters. The molecule has 8 N–H and O–H groups in total. The normalized spacial score (nSPS) is 11.0. The fraction of sp³-hybridized carbons (Fsp3) is 0. The third-order valence-electron chi connectivity index (χ3n) is 0. The van der Waals surface area contributed by atoms with Crippen LogP contribution in [-0.4, -0.2) is 51.9 Å². The van der Waals surface area contributed by atoms with Gasteiger partial charge < -0.3 is 18.2 Å². The van der Waals surface area contributed by atoms with Crippen LogP contribution in [0, 0.1) is 0 Å². The molecule has 0 aromatic heterocycles. The maximum atomic E-state index is 8.85. The van der Waals surface area contributed by atoms with Crippen molar-refractivity contribution in [3.8, 4) is 0 Å². The SMILES string of the molecule is NS(=O)(=O)[O-].NS(=O)(=O)[O-].NS(=O)(=O)[O-].NS(=O)(=O)[O-].[Pt+4]. The predicted molar refractivity (Wildman–Crippen MR) is 55.5 cm³/mol. The summed E-state index contributed by atoms with van der Waals surface area (Å²) in [6, 6.07) is 0. The van der Waals surface area contributed by atoms with Crippen LogP contribution in [0.5, 0.6) is 0 Å². The van der Waals surface area contributed by atoms with Crippen molar-refractivity contribution in [1.29, 1.82) is 0 Å². The van der Waals surface area contributed by atoms with E-state index in [4.69, 9.17) is 51.9 Å². The first-order chi connectivity index (χ1) is 8.00. The van der Waals surface area contributed by atoms with Crippen LogP contribution in [0.4, 0.5) is 0 Å². The Labute approximate surface area is 134 Å². The molecule has 0 aromatic rings. The van der Waals surface area contributed by atoms with Crippen molar-refractivity contribution >= 4 is 41.2 Å². The molecule has 0 saturated carbocycles. The van der Waals surface area contributed by atoms with Gasteiger partial charge in [0.15, 0.2) is 41.2 Å². The van der Waals surface area contributed by atoms with E-state index < -0.39 is 41.2 Å². The molecule has 0 radical (unpaired) electrons. The molecule has 21 heteroatoms. The predicted octanol–water partition coefficient (Wildman–Crippen LogP) is -6.38. The van der Waals surface area contributed by atoms with Crippen LogP contribution in [0.2, 0.25) is 0 Å². The minimum Gasteiger partial charge on any atom is -0.736 e. The third-order valence-corrected chi connectivity index (χ3v) is 0. The summed E-state index contributed by atoms with van der Waals surface area (Å²) < 4.78 is 106. The minimum absolute atomic E-state index is 0. The number of hydrogen-bond acceptors (Lipinski definition) is 12. The maximum absolute atomic E-state index is 8.85. The maximum Gasteiger partial charge on any atom is 4.00 e. The summed E-state index contributed by atoms with van der Waals surface area (Å²) >= 11 is 0. The summed E-state index contributed by atoms with van der Waals surface area (Å²) in [6.07, 6.45) is 0. The standard InChI is InChI=1S/4H3NO3S.Pt/c4*1-5(2,3)4;/h4*(H3,1,2,3,4);/q;;;;+4/p-4. The van der Waals surface area contributed by atoms with Crippen LogP contribution in [-0.2, 0) is 62.3 Å². The first kappa shape index (κ1) is 32.9. The quantitative estimate of drug-likeness (QED) is 0.195. The molecule has 0 amide bonds. The molecule has 0 aliphatic rings. The first-order valence-corrected chi connectivity index (χ1v) is 8.83. The van der Waals surface area contributed by atoms with E-state index in [9.17, 15) is 0 Å². The molecule has 21 heavy (non-hydrogen) atoms. The van der Waals surface area contributed by atoms with Crippen molar-refractivity contribution in [3.05, 3.63) is 0 Å². The van der Waals surface area contributed by atoms with Gasteiger partial charge in [0.2, 0.25) is 0 Å². The largest absolute Gasteiger partial charge is 4.00 e. The van der Waals surface area contributed by atoms with E-state index in [0.717, 1.165) is 0 Å². The van der Waals surface area contributed by atoms with Crippen LogP contribution in [0.3, 0.4) is 0 Å². The van der Waals surface area contributed by atoms with Crippen molar-refractivity contribution in [2.45, 2.75) is 0 Å². The van der Waals surface area contributed by atoms with Gasteiger partial charge in [0.05, 0.1) is 0 Å². The van der Waals surface area contributed by atoms with Crippen LogP contribution in [0.15, 0.2) is 0 Å². The van der Waals surface area contributed by atoms with E-state index in [1.807, 2.05) is 0 Å². The Bertz CT molecular complexity index is 486.